The van der Waals surface area contributed by atoms with Gasteiger partial charge in [0.2, 0.25) is 0 Å². The Balaban J connectivity index is 2.50. The lowest BCUT2D eigenvalue weighted by molar-refractivity contribution is 1.45. The van der Waals surface area contributed by atoms with Gasteiger partial charge < -0.3 is 16.5 Å². The van der Waals surface area contributed by atoms with Crippen molar-refractivity contribution in [3.05, 3.63) is 48.0 Å². The van der Waals surface area contributed by atoms with Crippen molar-refractivity contribution in [2.45, 2.75) is 6.92 Å². The van der Waals surface area contributed by atoms with Crippen LogP contribution in [0.2, 0.25) is 0 Å². The summed E-state index contributed by atoms with van der Waals surface area (Å²) in [5, 5.41) is 10.8. The molecule has 0 spiro atoms. The molecule has 4 N–H and O–H groups in total. The molecule has 2 aromatic carbocycles. The van der Waals surface area contributed by atoms with E-state index < -0.39 is 0 Å². The Kier molecular flexibility index (Phi) is 3.33. The Labute approximate surface area is 107 Å². The van der Waals surface area contributed by atoms with Crippen molar-refractivity contribution in [3.8, 4) is 11.1 Å². The largest absolute Gasteiger partial charge is 0.398 e. The number of nitrogen functional groups attached to an aromatic ring is 1. The molecule has 0 radical (unpaired) electrons. The number of hydrogen-bond donors (Lipinski definition) is 3. The molecule has 0 saturated carbocycles. The first-order valence-corrected chi connectivity index (χ1v) is 5.85. The summed E-state index contributed by atoms with van der Waals surface area (Å²) in [5.74, 6) is 0. The van der Waals surface area contributed by atoms with E-state index in [1.807, 2.05) is 37.4 Å². The summed E-state index contributed by atoms with van der Waals surface area (Å²) in [7, 11) is 1.90. The lowest BCUT2D eigenvalue weighted by atomic mass is 9.99. The van der Waals surface area contributed by atoms with Crippen LogP contribution in [-0.2, 0) is 0 Å². The van der Waals surface area contributed by atoms with E-state index in [1.54, 1.807) is 6.92 Å². The van der Waals surface area contributed by atoms with Crippen molar-refractivity contribution in [3.63, 3.8) is 0 Å². The fourth-order valence-corrected chi connectivity index (χ4v) is 1.91. The second kappa shape index (κ2) is 4.92. The van der Waals surface area contributed by atoms with Crippen LogP contribution in [0, 0.1) is 5.41 Å². The standard InChI is InChI=1S/C15H17N3/c1-10(16)14-9-12(6-7-15(14)17)11-4-3-5-13(8-11)18-2/h3-9,16,18H,17H2,1-2H3. The average Bonchev–Trinajstić information content (AvgIpc) is 2.39. The van der Waals surface area contributed by atoms with Gasteiger partial charge in [0.05, 0.1) is 0 Å². The molecule has 0 aliphatic heterocycles. The van der Waals surface area contributed by atoms with Gasteiger partial charge in [-0.05, 0) is 42.3 Å². The van der Waals surface area contributed by atoms with E-state index >= 15 is 0 Å². The lowest BCUT2D eigenvalue weighted by Crippen LogP contribution is -1.99. The van der Waals surface area contributed by atoms with Crippen molar-refractivity contribution in [1.29, 1.82) is 5.41 Å². The maximum atomic E-state index is 7.72. The van der Waals surface area contributed by atoms with Gasteiger partial charge in [0.25, 0.3) is 0 Å². The van der Waals surface area contributed by atoms with Crippen LogP contribution in [0.3, 0.4) is 0 Å². The van der Waals surface area contributed by atoms with Crippen LogP contribution < -0.4 is 11.1 Å². The number of hydrogen-bond acceptors (Lipinski definition) is 3. The molecule has 0 unspecified atom stereocenters. The molecular weight excluding hydrogens is 222 g/mol. The summed E-state index contributed by atoms with van der Waals surface area (Å²) in [6.45, 7) is 1.75. The van der Waals surface area contributed by atoms with E-state index in [2.05, 4.69) is 17.4 Å². The quantitative estimate of drug-likeness (QED) is 0.568. The zero-order valence-corrected chi connectivity index (χ0v) is 10.6. The minimum Gasteiger partial charge on any atom is -0.398 e. The Hall–Kier alpha value is -2.29. The number of nitrogens with one attached hydrogen (secondary N) is 2. The molecular formula is C15H17N3. The van der Waals surface area contributed by atoms with Crippen LogP contribution in [0.5, 0.6) is 0 Å². The van der Waals surface area contributed by atoms with Crippen molar-refractivity contribution < 1.29 is 0 Å². The number of benzene rings is 2. The summed E-state index contributed by atoms with van der Waals surface area (Å²) in [5.41, 5.74) is 11.1. The molecule has 0 atom stereocenters. The SMILES string of the molecule is CNc1cccc(-c2ccc(N)c(C(C)=N)c2)c1. The predicted octanol–water partition coefficient (Wildman–Crippen LogP) is 3.37. The van der Waals surface area contributed by atoms with E-state index in [1.165, 1.54) is 0 Å². The van der Waals surface area contributed by atoms with Crippen molar-refractivity contribution in [2.75, 3.05) is 18.1 Å². The van der Waals surface area contributed by atoms with Gasteiger partial charge in [-0.3, -0.25) is 0 Å². The molecule has 18 heavy (non-hydrogen) atoms. The predicted molar refractivity (Wildman–Crippen MR) is 78.3 cm³/mol. The third-order valence-corrected chi connectivity index (χ3v) is 2.94. The molecule has 2 rings (SSSR count). The van der Waals surface area contributed by atoms with E-state index in [0.29, 0.717) is 11.4 Å². The minimum atomic E-state index is 0.485. The molecule has 0 aliphatic rings. The van der Waals surface area contributed by atoms with Crippen molar-refractivity contribution in [2.24, 2.45) is 0 Å². The van der Waals surface area contributed by atoms with Gasteiger partial charge in [-0.1, -0.05) is 18.2 Å². The number of rotatable bonds is 3. The molecule has 0 fully saturated rings. The van der Waals surface area contributed by atoms with Gasteiger partial charge in [-0.25, -0.2) is 0 Å². The first kappa shape index (κ1) is 12.2. The fourth-order valence-electron chi connectivity index (χ4n) is 1.91. The molecule has 0 aliphatic carbocycles. The van der Waals surface area contributed by atoms with E-state index in [4.69, 9.17) is 11.1 Å². The third-order valence-electron chi connectivity index (χ3n) is 2.94. The highest BCUT2D eigenvalue weighted by atomic mass is 14.8. The zero-order chi connectivity index (χ0) is 13.1. The van der Waals surface area contributed by atoms with E-state index in [0.717, 1.165) is 22.4 Å². The second-order valence-corrected chi connectivity index (χ2v) is 4.26. The lowest BCUT2D eigenvalue weighted by Gasteiger charge is -2.09. The zero-order valence-electron chi connectivity index (χ0n) is 10.6. The summed E-state index contributed by atoms with van der Waals surface area (Å²) < 4.78 is 0. The molecule has 0 saturated heterocycles. The molecule has 2 aromatic rings. The van der Waals surface area contributed by atoms with E-state index in [-0.39, 0.29) is 0 Å². The Bertz CT molecular complexity index is 588. The highest BCUT2D eigenvalue weighted by Crippen LogP contribution is 2.26. The Morgan fingerprint density at radius 2 is 1.83 bits per heavy atom. The first-order valence-electron chi connectivity index (χ1n) is 5.85. The van der Waals surface area contributed by atoms with Crippen LogP contribution in [-0.4, -0.2) is 12.8 Å². The molecule has 3 nitrogen and oxygen atoms in total. The summed E-state index contributed by atoms with van der Waals surface area (Å²) in [6, 6.07) is 14.0. The minimum absolute atomic E-state index is 0.485. The molecule has 0 heterocycles. The van der Waals surface area contributed by atoms with Crippen LogP contribution in [0.15, 0.2) is 42.5 Å². The smallest absolute Gasteiger partial charge is 0.0406 e. The Morgan fingerprint density at radius 1 is 1.11 bits per heavy atom. The van der Waals surface area contributed by atoms with Gasteiger partial charge in [0, 0.05) is 29.7 Å². The van der Waals surface area contributed by atoms with Gasteiger partial charge in [-0.2, -0.15) is 0 Å². The van der Waals surface area contributed by atoms with Gasteiger partial charge >= 0.3 is 0 Å². The van der Waals surface area contributed by atoms with Crippen molar-refractivity contribution >= 4 is 17.1 Å². The van der Waals surface area contributed by atoms with Crippen LogP contribution in [0.25, 0.3) is 11.1 Å². The van der Waals surface area contributed by atoms with Gasteiger partial charge in [0.1, 0.15) is 0 Å². The Morgan fingerprint density at radius 3 is 2.50 bits per heavy atom. The maximum Gasteiger partial charge on any atom is 0.0406 e. The molecule has 0 amide bonds. The summed E-state index contributed by atoms with van der Waals surface area (Å²) >= 11 is 0. The molecule has 3 heteroatoms. The fraction of sp³-hybridized carbons (Fsp3) is 0.133. The number of nitrogens with two attached hydrogens (primary N) is 1. The highest BCUT2D eigenvalue weighted by Gasteiger charge is 2.05. The maximum absolute atomic E-state index is 7.72. The van der Waals surface area contributed by atoms with Crippen LogP contribution >= 0.6 is 0 Å². The molecule has 92 valence electrons. The highest BCUT2D eigenvalue weighted by molar-refractivity contribution is 6.02. The van der Waals surface area contributed by atoms with Gasteiger partial charge in [0.15, 0.2) is 0 Å². The summed E-state index contributed by atoms with van der Waals surface area (Å²) in [4.78, 5) is 0. The third kappa shape index (κ3) is 2.35. The monoisotopic (exact) mass is 239 g/mol. The average molecular weight is 239 g/mol. The van der Waals surface area contributed by atoms with E-state index in [9.17, 15) is 0 Å². The van der Waals surface area contributed by atoms with Crippen molar-refractivity contribution in [1.82, 2.24) is 0 Å². The summed E-state index contributed by atoms with van der Waals surface area (Å²) in [6.07, 6.45) is 0. The first-order chi connectivity index (χ1) is 8.61. The van der Waals surface area contributed by atoms with Crippen LogP contribution in [0.1, 0.15) is 12.5 Å². The number of anilines is 2. The van der Waals surface area contributed by atoms with Gasteiger partial charge in [-0.15, -0.1) is 0 Å². The molecule has 0 bridgehead atoms. The second-order valence-electron chi connectivity index (χ2n) is 4.26. The normalized spacial score (nSPS) is 10.1. The molecule has 0 aromatic heterocycles. The topological polar surface area (TPSA) is 61.9 Å². The van der Waals surface area contributed by atoms with Crippen LogP contribution in [0.4, 0.5) is 11.4 Å².